The van der Waals surface area contributed by atoms with Gasteiger partial charge in [-0.3, -0.25) is 4.99 Å². The largest absolute Gasteiger partial charge is 0.393 e. The Balaban J connectivity index is 0.00000288. The van der Waals surface area contributed by atoms with Crippen molar-refractivity contribution in [3.05, 3.63) is 35.4 Å². The molecule has 0 aliphatic heterocycles. The summed E-state index contributed by atoms with van der Waals surface area (Å²) in [5.74, 6) is 1.14. The van der Waals surface area contributed by atoms with Gasteiger partial charge in [-0.1, -0.05) is 37.6 Å². The predicted octanol–water partition coefficient (Wildman–Crippen LogP) is 3.64. The van der Waals surface area contributed by atoms with Crippen LogP contribution >= 0.6 is 24.0 Å². The van der Waals surface area contributed by atoms with Gasteiger partial charge in [-0.15, -0.1) is 24.0 Å². The van der Waals surface area contributed by atoms with Gasteiger partial charge in [-0.25, -0.2) is 0 Å². The molecule has 1 saturated carbocycles. The molecule has 1 aromatic rings. The number of hydrogen-bond acceptors (Lipinski definition) is 2. The summed E-state index contributed by atoms with van der Waals surface area (Å²) in [5.41, 5.74) is 2.62. The van der Waals surface area contributed by atoms with Gasteiger partial charge in [0.25, 0.3) is 0 Å². The van der Waals surface area contributed by atoms with E-state index in [-0.39, 0.29) is 36.1 Å². The predicted molar refractivity (Wildman–Crippen MR) is 112 cm³/mol. The fraction of sp³-hybridized carbons (Fsp3) is 0.632. The van der Waals surface area contributed by atoms with E-state index in [0.29, 0.717) is 12.5 Å². The van der Waals surface area contributed by atoms with E-state index >= 15 is 0 Å². The van der Waals surface area contributed by atoms with Gasteiger partial charge in [0.15, 0.2) is 5.96 Å². The summed E-state index contributed by atoms with van der Waals surface area (Å²) in [4.78, 5) is 4.68. The lowest BCUT2D eigenvalue weighted by molar-refractivity contribution is 0.136. The van der Waals surface area contributed by atoms with Crippen LogP contribution in [-0.4, -0.2) is 30.3 Å². The second kappa shape index (κ2) is 10.9. The molecule has 1 aliphatic rings. The molecule has 136 valence electrons. The van der Waals surface area contributed by atoms with Crippen LogP contribution in [0.5, 0.6) is 0 Å². The van der Waals surface area contributed by atoms with Gasteiger partial charge in [-0.2, -0.15) is 0 Å². The zero-order valence-electron chi connectivity index (χ0n) is 15.1. The van der Waals surface area contributed by atoms with Crippen LogP contribution in [0.25, 0.3) is 0 Å². The van der Waals surface area contributed by atoms with Crippen molar-refractivity contribution in [1.82, 2.24) is 10.6 Å². The summed E-state index contributed by atoms with van der Waals surface area (Å²) in [7, 11) is 0. The average molecular weight is 445 g/mol. The Labute approximate surface area is 163 Å². The number of aliphatic imine (C=N–C) groups is 1. The minimum Gasteiger partial charge on any atom is -0.393 e. The molecule has 3 atom stereocenters. The van der Waals surface area contributed by atoms with Crippen LogP contribution in [0, 0.1) is 5.92 Å². The van der Waals surface area contributed by atoms with E-state index in [1.807, 2.05) is 0 Å². The number of rotatable bonds is 6. The first-order valence-electron chi connectivity index (χ1n) is 8.95. The van der Waals surface area contributed by atoms with Crippen molar-refractivity contribution in [2.45, 2.75) is 58.6 Å². The number of halogens is 1. The Bertz CT molecular complexity index is 504. The van der Waals surface area contributed by atoms with Crippen molar-refractivity contribution >= 4 is 29.9 Å². The van der Waals surface area contributed by atoms with Crippen LogP contribution in [0.4, 0.5) is 0 Å². The minimum absolute atomic E-state index is 0. The van der Waals surface area contributed by atoms with E-state index in [1.165, 1.54) is 11.1 Å². The Morgan fingerprint density at radius 2 is 1.96 bits per heavy atom. The first kappa shape index (κ1) is 21.2. The van der Waals surface area contributed by atoms with Gasteiger partial charge in [0.05, 0.1) is 12.1 Å². The molecule has 0 heterocycles. The molecule has 3 N–H and O–H groups in total. The molecule has 1 aliphatic carbocycles. The molecule has 3 unspecified atom stereocenters. The van der Waals surface area contributed by atoms with Crippen molar-refractivity contribution < 1.29 is 5.11 Å². The third-order valence-electron chi connectivity index (χ3n) is 4.69. The lowest BCUT2D eigenvalue weighted by Gasteiger charge is -2.19. The molecule has 24 heavy (non-hydrogen) atoms. The Hall–Kier alpha value is -0.820. The lowest BCUT2D eigenvalue weighted by Crippen LogP contribution is -2.39. The van der Waals surface area contributed by atoms with E-state index in [9.17, 15) is 5.11 Å². The van der Waals surface area contributed by atoms with Crippen molar-refractivity contribution in [1.29, 1.82) is 0 Å². The monoisotopic (exact) mass is 445 g/mol. The van der Waals surface area contributed by atoms with E-state index in [4.69, 9.17) is 0 Å². The summed E-state index contributed by atoms with van der Waals surface area (Å²) < 4.78 is 0. The van der Waals surface area contributed by atoms with Crippen LogP contribution in [0.1, 0.15) is 57.2 Å². The summed E-state index contributed by atoms with van der Waals surface area (Å²) in [5, 5.41) is 16.7. The molecular formula is C19H32IN3O. The van der Waals surface area contributed by atoms with Gasteiger partial charge in [0.2, 0.25) is 0 Å². The van der Waals surface area contributed by atoms with Crippen LogP contribution < -0.4 is 10.6 Å². The SMILES string of the molecule is CCNC(=NCC1CCCC1O)NC(C)c1ccc(CC)cc1.I. The molecule has 1 aromatic carbocycles. The highest BCUT2D eigenvalue weighted by molar-refractivity contribution is 14.0. The molecule has 4 nitrogen and oxygen atoms in total. The fourth-order valence-corrected chi connectivity index (χ4v) is 3.09. The summed E-state index contributed by atoms with van der Waals surface area (Å²) in [6.45, 7) is 7.92. The van der Waals surface area contributed by atoms with E-state index in [0.717, 1.165) is 38.2 Å². The molecule has 0 amide bonds. The second-order valence-electron chi connectivity index (χ2n) is 6.44. The lowest BCUT2D eigenvalue weighted by atomic mass is 10.1. The molecule has 0 spiro atoms. The summed E-state index contributed by atoms with van der Waals surface area (Å²) >= 11 is 0. The summed E-state index contributed by atoms with van der Waals surface area (Å²) in [6.07, 6.45) is 4.00. The molecule has 0 saturated heterocycles. The maximum Gasteiger partial charge on any atom is 0.191 e. The van der Waals surface area contributed by atoms with Crippen molar-refractivity contribution in [3.8, 4) is 0 Å². The third kappa shape index (κ3) is 6.24. The molecule has 0 aromatic heterocycles. The molecular weight excluding hydrogens is 413 g/mol. The highest BCUT2D eigenvalue weighted by Crippen LogP contribution is 2.25. The zero-order valence-corrected chi connectivity index (χ0v) is 17.4. The number of hydrogen-bond donors (Lipinski definition) is 3. The van der Waals surface area contributed by atoms with Crippen LogP contribution in [-0.2, 0) is 6.42 Å². The quantitative estimate of drug-likeness (QED) is 0.356. The van der Waals surface area contributed by atoms with Gasteiger partial charge in [0.1, 0.15) is 0 Å². The number of nitrogens with one attached hydrogen (secondary N) is 2. The van der Waals surface area contributed by atoms with Gasteiger partial charge < -0.3 is 15.7 Å². The number of aliphatic hydroxyl groups is 1. The Morgan fingerprint density at radius 3 is 2.50 bits per heavy atom. The third-order valence-corrected chi connectivity index (χ3v) is 4.69. The van der Waals surface area contributed by atoms with Crippen molar-refractivity contribution in [3.63, 3.8) is 0 Å². The zero-order chi connectivity index (χ0) is 16.7. The van der Waals surface area contributed by atoms with E-state index in [2.05, 4.69) is 60.7 Å². The number of benzene rings is 1. The fourth-order valence-electron chi connectivity index (χ4n) is 3.09. The number of guanidine groups is 1. The summed E-state index contributed by atoms with van der Waals surface area (Å²) in [6, 6.07) is 8.94. The minimum atomic E-state index is -0.180. The van der Waals surface area contributed by atoms with Crippen molar-refractivity contribution in [2.24, 2.45) is 10.9 Å². The maximum absolute atomic E-state index is 9.93. The highest BCUT2D eigenvalue weighted by Gasteiger charge is 2.24. The highest BCUT2D eigenvalue weighted by atomic mass is 127. The van der Waals surface area contributed by atoms with Crippen LogP contribution in [0.15, 0.2) is 29.3 Å². The number of aliphatic hydroxyl groups excluding tert-OH is 1. The van der Waals surface area contributed by atoms with Crippen LogP contribution in [0.2, 0.25) is 0 Å². The van der Waals surface area contributed by atoms with E-state index < -0.39 is 0 Å². The molecule has 0 radical (unpaired) electrons. The van der Waals surface area contributed by atoms with E-state index in [1.54, 1.807) is 0 Å². The molecule has 5 heteroatoms. The van der Waals surface area contributed by atoms with Crippen LogP contribution in [0.3, 0.4) is 0 Å². The van der Waals surface area contributed by atoms with Gasteiger partial charge >= 0.3 is 0 Å². The topological polar surface area (TPSA) is 56.7 Å². The average Bonchev–Trinajstić information content (AvgIpc) is 2.98. The van der Waals surface area contributed by atoms with Gasteiger partial charge in [0, 0.05) is 19.0 Å². The first-order valence-corrected chi connectivity index (χ1v) is 8.95. The number of aryl methyl sites for hydroxylation is 1. The number of nitrogens with zero attached hydrogens (tertiary/aromatic N) is 1. The second-order valence-corrected chi connectivity index (χ2v) is 6.44. The Kier molecular flexibility index (Phi) is 9.66. The smallest absolute Gasteiger partial charge is 0.191 e. The normalized spacial score (nSPS) is 21.9. The Morgan fingerprint density at radius 1 is 1.25 bits per heavy atom. The van der Waals surface area contributed by atoms with Gasteiger partial charge in [-0.05, 0) is 44.2 Å². The molecule has 2 rings (SSSR count). The molecule has 1 fully saturated rings. The van der Waals surface area contributed by atoms with Crippen molar-refractivity contribution in [2.75, 3.05) is 13.1 Å². The maximum atomic E-state index is 9.93. The standard InChI is InChI=1S/C19H31N3O.HI/c1-4-15-9-11-16(12-10-15)14(3)22-19(20-5-2)21-13-17-7-6-8-18(17)23;/h9-12,14,17-18,23H,4-8,13H2,1-3H3,(H2,20,21,22);1H. The molecule has 0 bridgehead atoms. The first-order chi connectivity index (χ1) is 11.1.